The van der Waals surface area contributed by atoms with Crippen molar-refractivity contribution in [2.75, 3.05) is 0 Å². The zero-order chi connectivity index (χ0) is 11.3. The molecule has 0 bridgehead atoms. The van der Waals surface area contributed by atoms with Gasteiger partial charge in [0.15, 0.2) is 0 Å². The van der Waals surface area contributed by atoms with Gasteiger partial charge in [-0.2, -0.15) is 8.78 Å². The Morgan fingerprint density at radius 1 is 1.27 bits per heavy atom. The predicted octanol–water partition coefficient (Wildman–Crippen LogP) is 3.41. The van der Waals surface area contributed by atoms with E-state index in [1.54, 1.807) is 0 Å². The minimum absolute atomic E-state index is 0.189. The van der Waals surface area contributed by atoms with E-state index in [-0.39, 0.29) is 6.42 Å². The van der Waals surface area contributed by atoms with Gasteiger partial charge in [-0.15, -0.1) is 0 Å². The van der Waals surface area contributed by atoms with Crippen molar-refractivity contribution in [1.82, 2.24) is 0 Å². The van der Waals surface area contributed by atoms with Crippen LogP contribution >= 0.6 is 11.6 Å². The van der Waals surface area contributed by atoms with Gasteiger partial charge in [-0.1, -0.05) is 30.3 Å². The molecule has 15 heavy (non-hydrogen) atoms. The third-order valence-electron chi connectivity index (χ3n) is 2.03. The summed E-state index contributed by atoms with van der Waals surface area (Å²) in [5.74, 6) is -1.21. The summed E-state index contributed by atoms with van der Waals surface area (Å²) >= 11 is 4.58. The molecular weight excluding hydrogens is 222 g/mol. The first kappa shape index (κ1) is 12.1. The molecule has 1 rings (SSSR count). The van der Waals surface area contributed by atoms with Gasteiger partial charge in [-0.25, -0.2) is 0 Å². The molecule has 0 spiro atoms. The highest BCUT2D eigenvalue weighted by atomic mass is 35.5. The number of Topliss-reactive ketones (excluding diaryl/α,β-unsaturated/α-hetero) is 1. The van der Waals surface area contributed by atoms with Crippen molar-refractivity contribution >= 4 is 17.4 Å². The normalized spacial score (nSPS) is 11.4. The summed E-state index contributed by atoms with van der Waals surface area (Å²) in [6.45, 7) is 0. The molecular formula is C11H11ClF2O. The minimum atomic E-state index is -3.71. The monoisotopic (exact) mass is 232 g/mol. The van der Waals surface area contributed by atoms with Crippen LogP contribution in [0.15, 0.2) is 30.3 Å². The molecule has 0 saturated carbocycles. The first-order valence-corrected chi connectivity index (χ1v) is 5.02. The van der Waals surface area contributed by atoms with Gasteiger partial charge in [-0.3, -0.25) is 4.79 Å². The Hall–Kier alpha value is -0.960. The summed E-state index contributed by atoms with van der Waals surface area (Å²) in [5.41, 5.74) is 1.03. The fraction of sp³-hybridized carbons (Fsp3) is 0.364. The molecule has 1 aromatic rings. The van der Waals surface area contributed by atoms with E-state index < -0.39 is 11.2 Å². The summed E-state index contributed by atoms with van der Waals surface area (Å²) in [5, 5.41) is -3.71. The second-order valence-electron chi connectivity index (χ2n) is 3.26. The van der Waals surface area contributed by atoms with Crippen molar-refractivity contribution in [3.05, 3.63) is 35.9 Å². The van der Waals surface area contributed by atoms with Crippen LogP contribution in [0.5, 0.6) is 0 Å². The van der Waals surface area contributed by atoms with Gasteiger partial charge in [0.2, 0.25) is 5.78 Å². The predicted molar refractivity (Wildman–Crippen MR) is 55.2 cm³/mol. The van der Waals surface area contributed by atoms with E-state index in [0.717, 1.165) is 5.56 Å². The molecule has 1 nitrogen and oxygen atoms in total. The maximum absolute atomic E-state index is 12.3. The van der Waals surface area contributed by atoms with Crippen LogP contribution in [0.4, 0.5) is 8.78 Å². The average Bonchev–Trinajstić information content (AvgIpc) is 2.18. The van der Waals surface area contributed by atoms with Crippen LogP contribution in [0.1, 0.15) is 18.4 Å². The van der Waals surface area contributed by atoms with Crippen molar-refractivity contribution in [3.8, 4) is 0 Å². The van der Waals surface area contributed by atoms with E-state index in [1.165, 1.54) is 0 Å². The maximum Gasteiger partial charge on any atom is 0.380 e. The molecule has 0 aromatic heterocycles. The quantitative estimate of drug-likeness (QED) is 0.711. The molecule has 1 aromatic carbocycles. The summed E-state index contributed by atoms with van der Waals surface area (Å²) in [7, 11) is 0. The summed E-state index contributed by atoms with van der Waals surface area (Å²) in [6, 6.07) is 9.40. The number of carbonyl (C=O) groups excluding carboxylic acids is 1. The Balaban J connectivity index is 2.32. The van der Waals surface area contributed by atoms with Crippen molar-refractivity contribution in [3.63, 3.8) is 0 Å². The van der Waals surface area contributed by atoms with Gasteiger partial charge in [0.05, 0.1) is 0 Å². The molecule has 0 atom stereocenters. The molecule has 4 heteroatoms. The summed E-state index contributed by atoms with van der Waals surface area (Å²) < 4.78 is 24.5. The third-order valence-corrected chi connectivity index (χ3v) is 2.24. The van der Waals surface area contributed by atoms with Crippen LogP contribution in [0, 0.1) is 0 Å². The molecule has 0 aliphatic rings. The SMILES string of the molecule is O=C(CCCc1ccccc1)C(F)(F)Cl. The Kier molecular flexibility index (Phi) is 4.21. The topological polar surface area (TPSA) is 17.1 Å². The number of aryl methyl sites for hydroxylation is 1. The lowest BCUT2D eigenvalue weighted by molar-refractivity contribution is -0.133. The smallest absolute Gasteiger partial charge is 0.291 e. The van der Waals surface area contributed by atoms with E-state index in [9.17, 15) is 13.6 Å². The Morgan fingerprint density at radius 3 is 2.40 bits per heavy atom. The van der Waals surface area contributed by atoms with Crippen LogP contribution in [0.3, 0.4) is 0 Å². The van der Waals surface area contributed by atoms with Gasteiger partial charge in [-0.05, 0) is 30.0 Å². The maximum atomic E-state index is 12.3. The highest BCUT2D eigenvalue weighted by molar-refractivity contribution is 6.32. The number of carbonyl (C=O) groups is 1. The lowest BCUT2D eigenvalue weighted by Crippen LogP contribution is -2.21. The van der Waals surface area contributed by atoms with Crippen LogP contribution < -0.4 is 0 Å². The lowest BCUT2D eigenvalue weighted by Gasteiger charge is -2.05. The zero-order valence-electron chi connectivity index (χ0n) is 8.05. The van der Waals surface area contributed by atoms with Crippen LogP contribution in [0.2, 0.25) is 0 Å². The van der Waals surface area contributed by atoms with E-state index in [1.807, 2.05) is 30.3 Å². The van der Waals surface area contributed by atoms with E-state index in [4.69, 9.17) is 0 Å². The molecule has 0 fully saturated rings. The number of alkyl halides is 3. The van der Waals surface area contributed by atoms with Gasteiger partial charge >= 0.3 is 5.38 Å². The van der Waals surface area contributed by atoms with Crippen LogP contribution in [-0.4, -0.2) is 11.2 Å². The van der Waals surface area contributed by atoms with Gasteiger partial charge in [0.25, 0.3) is 0 Å². The fourth-order valence-corrected chi connectivity index (χ4v) is 1.33. The van der Waals surface area contributed by atoms with Crippen molar-refractivity contribution in [2.45, 2.75) is 24.6 Å². The number of rotatable bonds is 5. The number of ketones is 1. The second-order valence-corrected chi connectivity index (χ2v) is 3.73. The molecule has 0 amide bonds. The van der Waals surface area contributed by atoms with Crippen LogP contribution in [0.25, 0.3) is 0 Å². The lowest BCUT2D eigenvalue weighted by atomic mass is 10.1. The minimum Gasteiger partial charge on any atom is -0.291 e. The summed E-state index contributed by atoms with van der Waals surface area (Å²) in [4.78, 5) is 10.8. The van der Waals surface area contributed by atoms with E-state index in [0.29, 0.717) is 12.8 Å². The van der Waals surface area contributed by atoms with Crippen molar-refractivity contribution < 1.29 is 13.6 Å². The van der Waals surface area contributed by atoms with Crippen LogP contribution in [-0.2, 0) is 11.2 Å². The molecule has 0 aliphatic carbocycles. The molecule has 0 N–H and O–H groups in total. The molecule has 0 saturated heterocycles. The molecule has 0 radical (unpaired) electrons. The molecule has 0 aliphatic heterocycles. The fourth-order valence-electron chi connectivity index (χ4n) is 1.24. The van der Waals surface area contributed by atoms with E-state index in [2.05, 4.69) is 11.6 Å². The highest BCUT2D eigenvalue weighted by Gasteiger charge is 2.34. The van der Waals surface area contributed by atoms with Crippen molar-refractivity contribution in [2.24, 2.45) is 0 Å². The molecule has 0 heterocycles. The molecule has 0 unspecified atom stereocenters. The summed E-state index contributed by atoms with van der Waals surface area (Å²) in [6.07, 6.45) is 0.816. The zero-order valence-corrected chi connectivity index (χ0v) is 8.81. The van der Waals surface area contributed by atoms with Gasteiger partial charge in [0, 0.05) is 6.42 Å². The van der Waals surface area contributed by atoms with Crippen molar-refractivity contribution in [1.29, 1.82) is 0 Å². The number of halogens is 3. The number of benzene rings is 1. The first-order chi connectivity index (χ1) is 7.00. The van der Waals surface area contributed by atoms with E-state index >= 15 is 0 Å². The number of hydrogen-bond donors (Lipinski definition) is 0. The third kappa shape index (κ3) is 4.38. The standard InChI is InChI=1S/C11H11ClF2O/c12-11(13,14)10(15)8-4-7-9-5-2-1-3-6-9/h1-3,5-6H,4,7-8H2. The van der Waals surface area contributed by atoms with Gasteiger partial charge in [0.1, 0.15) is 0 Å². The second kappa shape index (κ2) is 5.21. The number of hydrogen-bond acceptors (Lipinski definition) is 1. The average molecular weight is 233 g/mol. The highest BCUT2D eigenvalue weighted by Crippen LogP contribution is 2.22. The Morgan fingerprint density at radius 2 is 1.87 bits per heavy atom. The Bertz CT molecular complexity index is 319. The largest absolute Gasteiger partial charge is 0.380 e. The van der Waals surface area contributed by atoms with Gasteiger partial charge < -0.3 is 0 Å². The first-order valence-electron chi connectivity index (χ1n) is 4.64. The Labute approximate surface area is 92.1 Å². The molecule has 82 valence electrons.